The van der Waals surface area contributed by atoms with E-state index in [1.54, 1.807) is 11.3 Å². The van der Waals surface area contributed by atoms with E-state index in [1.165, 1.54) is 17.7 Å². The van der Waals surface area contributed by atoms with Crippen molar-refractivity contribution in [3.05, 3.63) is 22.7 Å². The standard InChI is InChI=1S/C14H18BrN3S/c1-9-8-18(2)6-5-11(9)16-14-17-12-7-10(15)3-4-13(12)19-14/h3-4,7,9,11H,5-6,8H2,1-2H3,(H,16,17). The summed E-state index contributed by atoms with van der Waals surface area (Å²) in [5.41, 5.74) is 1.07. The van der Waals surface area contributed by atoms with Gasteiger partial charge in [0, 0.05) is 17.1 Å². The molecular formula is C14H18BrN3S. The Morgan fingerprint density at radius 1 is 1.47 bits per heavy atom. The molecule has 1 N–H and O–H groups in total. The molecule has 2 aromatic rings. The van der Waals surface area contributed by atoms with E-state index in [4.69, 9.17) is 0 Å². The van der Waals surface area contributed by atoms with Crippen molar-refractivity contribution in [3.63, 3.8) is 0 Å². The normalized spacial score (nSPS) is 24.8. The summed E-state index contributed by atoms with van der Waals surface area (Å²) in [5.74, 6) is 0.664. The molecule has 2 atom stereocenters. The number of aromatic nitrogens is 1. The fraction of sp³-hybridized carbons (Fsp3) is 0.500. The van der Waals surface area contributed by atoms with E-state index in [9.17, 15) is 0 Å². The number of halogens is 1. The van der Waals surface area contributed by atoms with Crippen molar-refractivity contribution in [3.8, 4) is 0 Å². The largest absolute Gasteiger partial charge is 0.358 e. The van der Waals surface area contributed by atoms with E-state index in [1.807, 2.05) is 0 Å². The van der Waals surface area contributed by atoms with E-state index < -0.39 is 0 Å². The fourth-order valence-electron chi connectivity index (χ4n) is 2.69. The van der Waals surface area contributed by atoms with Crippen LogP contribution in [0.25, 0.3) is 10.2 Å². The molecule has 5 heteroatoms. The van der Waals surface area contributed by atoms with Crippen LogP contribution in [0.1, 0.15) is 13.3 Å². The van der Waals surface area contributed by atoms with Crippen LogP contribution in [0.4, 0.5) is 5.13 Å². The topological polar surface area (TPSA) is 28.2 Å². The smallest absolute Gasteiger partial charge is 0.184 e. The maximum Gasteiger partial charge on any atom is 0.184 e. The van der Waals surface area contributed by atoms with Gasteiger partial charge in [-0.25, -0.2) is 4.98 Å². The summed E-state index contributed by atoms with van der Waals surface area (Å²) in [7, 11) is 2.20. The molecular weight excluding hydrogens is 322 g/mol. The summed E-state index contributed by atoms with van der Waals surface area (Å²) < 4.78 is 2.33. The summed E-state index contributed by atoms with van der Waals surface area (Å²) in [5, 5.41) is 4.68. The van der Waals surface area contributed by atoms with Crippen molar-refractivity contribution in [2.24, 2.45) is 5.92 Å². The second-order valence-electron chi connectivity index (χ2n) is 5.41. The molecule has 2 unspecified atom stereocenters. The van der Waals surface area contributed by atoms with Gasteiger partial charge in [-0.1, -0.05) is 34.2 Å². The Bertz CT molecular complexity index is 583. The Morgan fingerprint density at radius 2 is 2.32 bits per heavy atom. The second-order valence-corrected chi connectivity index (χ2v) is 7.36. The van der Waals surface area contributed by atoms with E-state index in [0.717, 1.165) is 21.7 Å². The lowest BCUT2D eigenvalue weighted by molar-refractivity contribution is 0.206. The molecule has 102 valence electrons. The minimum absolute atomic E-state index is 0.542. The molecule has 1 aromatic heterocycles. The van der Waals surface area contributed by atoms with E-state index in [0.29, 0.717) is 12.0 Å². The molecule has 1 aliphatic rings. The van der Waals surface area contributed by atoms with Gasteiger partial charge in [0.15, 0.2) is 5.13 Å². The first-order chi connectivity index (χ1) is 9.11. The highest BCUT2D eigenvalue weighted by atomic mass is 79.9. The van der Waals surface area contributed by atoms with Gasteiger partial charge in [-0.05, 0) is 44.1 Å². The van der Waals surface area contributed by atoms with Gasteiger partial charge in [0.2, 0.25) is 0 Å². The number of thiazole rings is 1. The first kappa shape index (κ1) is 13.3. The van der Waals surface area contributed by atoms with Crippen LogP contribution in [-0.4, -0.2) is 36.1 Å². The van der Waals surface area contributed by atoms with Crippen LogP contribution in [0.3, 0.4) is 0 Å². The summed E-state index contributed by atoms with van der Waals surface area (Å²) >= 11 is 5.24. The van der Waals surface area contributed by atoms with Crippen LogP contribution in [0.15, 0.2) is 22.7 Å². The molecule has 0 aliphatic carbocycles. The minimum atomic E-state index is 0.542. The Morgan fingerprint density at radius 3 is 3.11 bits per heavy atom. The number of nitrogens with one attached hydrogen (secondary N) is 1. The maximum atomic E-state index is 4.68. The number of nitrogens with zero attached hydrogens (tertiary/aromatic N) is 2. The highest BCUT2D eigenvalue weighted by molar-refractivity contribution is 9.10. The van der Waals surface area contributed by atoms with Gasteiger partial charge < -0.3 is 10.2 Å². The van der Waals surface area contributed by atoms with Crippen molar-refractivity contribution < 1.29 is 0 Å². The molecule has 3 nitrogen and oxygen atoms in total. The van der Waals surface area contributed by atoms with Crippen molar-refractivity contribution >= 4 is 42.6 Å². The number of hydrogen-bond acceptors (Lipinski definition) is 4. The zero-order valence-corrected chi connectivity index (χ0v) is 13.6. The molecule has 2 heterocycles. The average Bonchev–Trinajstić information content (AvgIpc) is 2.74. The number of anilines is 1. The Balaban J connectivity index is 1.77. The molecule has 0 saturated carbocycles. The van der Waals surface area contributed by atoms with Gasteiger partial charge in [-0.2, -0.15) is 0 Å². The highest BCUT2D eigenvalue weighted by Gasteiger charge is 2.24. The van der Waals surface area contributed by atoms with Crippen molar-refractivity contribution in [2.75, 3.05) is 25.5 Å². The zero-order chi connectivity index (χ0) is 13.4. The Hall–Kier alpha value is -0.650. The second kappa shape index (κ2) is 5.38. The highest BCUT2D eigenvalue weighted by Crippen LogP contribution is 2.30. The lowest BCUT2D eigenvalue weighted by Gasteiger charge is -2.35. The summed E-state index contributed by atoms with van der Waals surface area (Å²) in [6.45, 7) is 4.64. The fourth-order valence-corrected chi connectivity index (χ4v) is 3.95. The van der Waals surface area contributed by atoms with Crippen LogP contribution < -0.4 is 5.32 Å². The maximum absolute atomic E-state index is 4.68. The van der Waals surface area contributed by atoms with Crippen LogP contribution in [-0.2, 0) is 0 Å². The van der Waals surface area contributed by atoms with Crippen LogP contribution in [0.2, 0.25) is 0 Å². The van der Waals surface area contributed by atoms with Crippen LogP contribution in [0.5, 0.6) is 0 Å². The molecule has 19 heavy (non-hydrogen) atoms. The van der Waals surface area contributed by atoms with Gasteiger partial charge in [0.25, 0.3) is 0 Å². The number of rotatable bonds is 2. The third kappa shape index (κ3) is 2.93. The monoisotopic (exact) mass is 339 g/mol. The van der Waals surface area contributed by atoms with E-state index >= 15 is 0 Å². The minimum Gasteiger partial charge on any atom is -0.358 e. The van der Waals surface area contributed by atoms with Crippen LogP contribution >= 0.6 is 27.3 Å². The van der Waals surface area contributed by atoms with Gasteiger partial charge in [0.05, 0.1) is 10.2 Å². The molecule has 0 spiro atoms. The molecule has 1 aliphatic heterocycles. The molecule has 3 rings (SSSR count). The molecule has 1 saturated heterocycles. The van der Waals surface area contributed by atoms with E-state index in [-0.39, 0.29) is 0 Å². The van der Waals surface area contributed by atoms with Crippen molar-refractivity contribution in [2.45, 2.75) is 19.4 Å². The molecule has 0 amide bonds. The molecule has 1 fully saturated rings. The van der Waals surface area contributed by atoms with E-state index in [2.05, 4.69) is 63.3 Å². The first-order valence-electron chi connectivity index (χ1n) is 6.63. The molecule has 0 radical (unpaired) electrons. The molecule has 1 aromatic carbocycles. The van der Waals surface area contributed by atoms with Gasteiger partial charge in [0.1, 0.15) is 0 Å². The summed E-state index contributed by atoms with van der Waals surface area (Å²) in [6, 6.07) is 6.82. The Kier molecular flexibility index (Phi) is 3.78. The summed E-state index contributed by atoms with van der Waals surface area (Å²) in [4.78, 5) is 7.09. The van der Waals surface area contributed by atoms with Gasteiger partial charge in [-0.15, -0.1) is 0 Å². The average molecular weight is 340 g/mol. The predicted octanol–water partition coefficient (Wildman–Crippen LogP) is 3.81. The third-order valence-corrected chi connectivity index (χ3v) is 5.23. The predicted molar refractivity (Wildman–Crippen MR) is 86.0 cm³/mol. The van der Waals surface area contributed by atoms with Crippen molar-refractivity contribution in [1.82, 2.24) is 9.88 Å². The quantitative estimate of drug-likeness (QED) is 0.901. The molecule has 0 bridgehead atoms. The lowest BCUT2D eigenvalue weighted by Crippen LogP contribution is -2.43. The number of fused-ring (bicyclic) bond motifs is 1. The first-order valence-corrected chi connectivity index (χ1v) is 8.24. The Labute approximate surface area is 126 Å². The summed E-state index contributed by atoms with van der Waals surface area (Å²) in [6.07, 6.45) is 1.19. The third-order valence-electron chi connectivity index (χ3n) is 3.77. The van der Waals surface area contributed by atoms with Crippen molar-refractivity contribution in [1.29, 1.82) is 0 Å². The van der Waals surface area contributed by atoms with Crippen LogP contribution in [0, 0.1) is 5.92 Å². The lowest BCUT2D eigenvalue weighted by atomic mass is 9.94. The number of piperidine rings is 1. The SMILES string of the molecule is CC1CN(C)CCC1Nc1nc2cc(Br)ccc2s1. The number of benzene rings is 1. The number of likely N-dealkylation sites (tertiary alicyclic amines) is 1. The van der Waals surface area contributed by atoms with Gasteiger partial charge >= 0.3 is 0 Å². The van der Waals surface area contributed by atoms with Gasteiger partial charge in [-0.3, -0.25) is 0 Å². The number of hydrogen-bond donors (Lipinski definition) is 1. The zero-order valence-electron chi connectivity index (χ0n) is 11.2.